The molecule has 0 saturated carbocycles. The minimum Gasteiger partial charge on any atom is -0.0616 e. The highest BCUT2D eigenvalue weighted by Crippen LogP contribution is 2.12. The normalized spacial score (nSPS) is 9.44. The third-order valence-electron chi connectivity index (χ3n) is 4.43. The van der Waals surface area contributed by atoms with Gasteiger partial charge in [0.05, 0.1) is 0 Å². The molecule has 0 heterocycles. The first-order valence-electron chi connectivity index (χ1n) is 9.91. The predicted octanol–water partition coefficient (Wildman–Crippen LogP) is 7.41. The smallest absolute Gasteiger partial charge is 0.0261 e. The first kappa shape index (κ1) is 21.7. The standard InChI is InChI=1S/C30H16Br2/c31-29-11-3-9-27(21-29)17-15-25-7-1-5-23(19-25)13-14-24-6-2-8-26(20-24)16-18-28-10-4-12-30(32)22-28/h1-12,19-22H. The van der Waals surface area contributed by atoms with Crippen molar-refractivity contribution in [1.29, 1.82) is 0 Å². The Labute approximate surface area is 206 Å². The van der Waals surface area contributed by atoms with Gasteiger partial charge in [0.25, 0.3) is 0 Å². The van der Waals surface area contributed by atoms with Crippen LogP contribution in [0.5, 0.6) is 0 Å². The van der Waals surface area contributed by atoms with Crippen molar-refractivity contribution in [1.82, 2.24) is 0 Å². The molecule has 4 aromatic rings. The monoisotopic (exact) mass is 534 g/mol. The largest absolute Gasteiger partial charge is 0.0616 e. The summed E-state index contributed by atoms with van der Waals surface area (Å²) in [5.74, 6) is 19.3. The molecule has 0 aliphatic carbocycles. The average Bonchev–Trinajstić information content (AvgIpc) is 2.81. The van der Waals surface area contributed by atoms with Gasteiger partial charge in [0.15, 0.2) is 0 Å². The molecule has 0 spiro atoms. The van der Waals surface area contributed by atoms with E-state index in [9.17, 15) is 0 Å². The van der Waals surface area contributed by atoms with Gasteiger partial charge in [-0.1, -0.05) is 91.6 Å². The molecule has 0 N–H and O–H groups in total. The van der Waals surface area contributed by atoms with Crippen molar-refractivity contribution in [3.8, 4) is 35.5 Å². The number of rotatable bonds is 0. The zero-order valence-corrected chi connectivity index (χ0v) is 20.2. The van der Waals surface area contributed by atoms with Gasteiger partial charge in [0.2, 0.25) is 0 Å². The van der Waals surface area contributed by atoms with Crippen molar-refractivity contribution in [2.45, 2.75) is 0 Å². The second kappa shape index (κ2) is 10.7. The molecule has 32 heavy (non-hydrogen) atoms. The minimum atomic E-state index is 0.927. The van der Waals surface area contributed by atoms with Crippen LogP contribution in [0.2, 0.25) is 0 Å². The van der Waals surface area contributed by atoms with E-state index in [1.165, 1.54) is 0 Å². The molecule has 0 bridgehead atoms. The van der Waals surface area contributed by atoms with Gasteiger partial charge in [0, 0.05) is 42.3 Å². The SMILES string of the molecule is Brc1cccc(C#Cc2cccc(C#Cc3cccc(C#Cc4cccc(Br)c4)c3)c2)c1. The highest BCUT2D eigenvalue weighted by molar-refractivity contribution is 9.10. The lowest BCUT2D eigenvalue weighted by atomic mass is 10.1. The van der Waals surface area contributed by atoms with Gasteiger partial charge < -0.3 is 0 Å². The summed E-state index contributed by atoms with van der Waals surface area (Å²) in [5, 5.41) is 0. The fraction of sp³-hybridized carbons (Fsp3) is 0. The van der Waals surface area contributed by atoms with E-state index in [1.807, 2.05) is 97.1 Å². The van der Waals surface area contributed by atoms with Crippen molar-refractivity contribution in [2.75, 3.05) is 0 Å². The Bertz CT molecular complexity index is 1350. The van der Waals surface area contributed by atoms with E-state index in [4.69, 9.17) is 0 Å². The zero-order valence-electron chi connectivity index (χ0n) is 17.0. The molecule has 0 saturated heterocycles. The lowest BCUT2D eigenvalue weighted by molar-refractivity contribution is 1.57. The summed E-state index contributed by atoms with van der Waals surface area (Å²) < 4.78 is 2.04. The molecule has 150 valence electrons. The van der Waals surface area contributed by atoms with Crippen LogP contribution in [-0.2, 0) is 0 Å². The van der Waals surface area contributed by atoms with Crippen LogP contribution in [0.1, 0.15) is 33.4 Å². The first-order valence-corrected chi connectivity index (χ1v) is 11.5. The maximum atomic E-state index is 3.48. The van der Waals surface area contributed by atoms with Crippen LogP contribution in [0.25, 0.3) is 0 Å². The van der Waals surface area contributed by atoms with Crippen LogP contribution in [-0.4, -0.2) is 0 Å². The Balaban J connectivity index is 1.52. The summed E-state index contributed by atoms with van der Waals surface area (Å²) in [7, 11) is 0. The van der Waals surface area contributed by atoms with Gasteiger partial charge in [-0.2, -0.15) is 0 Å². The van der Waals surface area contributed by atoms with Crippen LogP contribution in [0.3, 0.4) is 0 Å². The van der Waals surface area contributed by atoms with E-state index < -0.39 is 0 Å². The van der Waals surface area contributed by atoms with Gasteiger partial charge in [-0.05, 0) is 72.8 Å². The Morgan fingerprint density at radius 1 is 0.344 bits per heavy atom. The second-order valence-corrected chi connectivity index (χ2v) is 8.76. The molecule has 2 heteroatoms. The molecule has 0 fully saturated rings. The number of hydrogen-bond donors (Lipinski definition) is 0. The molecule has 0 aromatic heterocycles. The van der Waals surface area contributed by atoms with Crippen molar-refractivity contribution >= 4 is 31.9 Å². The fourth-order valence-electron chi connectivity index (χ4n) is 2.91. The molecule has 0 nitrogen and oxygen atoms in total. The van der Waals surface area contributed by atoms with Gasteiger partial charge in [0.1, 0.15) is 0 Å². The topological polar surface area (TPSA) is 0 Å². The van der Waals surface area contributed by atoms with Crippen molar-refractivity contribution in [2.24, 2.45) is 0 Å². The van der Waals surface area contributed by atoms with Crippen molar-refractivity contribution in [3.63, 3.8) is 0 Å². The molecule has 0 aliphatic heterocycles. The van der Waals surface area contributed by atoms with E-state index >= 15 is 0 Å². The Hall–Kier alpha value is -3.48. The lowest BCUT2D eigenvalue weighted by Gasteiger charge is -1.95. The second-order valence-electron chi connectivity index (χ2n) is 6.93. The molecule has 0 unspecified atom stereocenters. The fourth-order valence-corrected chi connectivity index (χ4v) is 3.71. The third-order valence-corrected chi connectivity index (χ3v) is 5.41. The van der Waals surface area contributed by atoms with Gasteiger partial charge in [-0.3, -0.25) is 0 Å². The van der Waals surface area contributed by atoms with E-state index in [-0.39, 0.29) is 0 Å². The highest BCUT2D eigenvalue weighted by atomic mass is 79.9. The van der Waals surface area contributed by atoms with Crippen LogP contribution < -0.4 is 0 Å². The number of benzene rings is 4. The van der Waals surface area contributed by atoms with Gasteiger partial charge in [-0.25, -0.2) is 0 Å². The van der Waals surface area contributed by atoms with Crippen molar-refractivity contribution in [3.05, 3.63) is 139 Å². The lowest BCUT2D eigenvalue weighted by Crippen LogP contribution is -1.81. The summed E-state index contributed by atoms with van der Waals surface area (Å²) in [6.45, 7) is 0. The summed E-state index contributed by atoms with van der Waals surface area (Å²) in [6.07, 6.45) is 0. The quantitative estimate of drug-likeness (QED) is 0.206. The maximum absolute atomic E-state index is 3.48. The van der Waals surface area contributed by atoms with E-state index in [0.29, 0.717) is 0 Å². The van der Waals surface area contributed by atoms with E-state index in [1.54, 1.807) is 0 Å². The van der Waals surface area contributed by atoms with Gasteiger partial charge >= 0.3 is 0 Å². The van der Waals surface area contributed by atoms with Crippen LogP contribution >= 0.6 is 31.9 Å². The van der Waals surface area contributed by atoms with Gasteiger partial charge in [-0.15, -0.1) is 0 Å². The zero-order chi connectivity index (χ0) is 22.2. The van der Waals surface area contributed by atoms with Crippen LogP contribution in [0.15, 0.2) is 106 Å². The summed E-state index contributed by atoms with van der Waals surface area (Å²) in [5.41, 5.74) is 5.66. The molecular weight excluding hydrogens is 520 g/mol. The Morgan fingerprint density at radius 2 is 0.594 bits per heavy atom. The molecule has 0 radical (unpaired) electrons. The van der Waals surface area contributed by atoms with Crippen LogP contribution in [0.4, 0.5) is 0 Å². The summed E-state index contributed by atoms with van der Waals surface area (Å²) in [4.78, 5) is 0. The molecule has 4 rings (SSSR count). The molecule has 4 aromatic carbocycles. The molecular formula is C30H16Br2. The number of halogens is 2. The maximum Gasteiger partial charge on any atom is 0.0261 e. The summed E-state index contributed by atoms with van der Waals surface area (Å²) >= 11 is 6.95. The highest BCUT2D eigenvalue weighted by Gasteiger charge is 1.94. The Kier molecular flexibility index (Phi) is 7.27. The summed E-state index contributed by atoms with van der Waals surface area (Å²) in [6, 6.07) is 31.9. The first-order chi connectivity index (χ1) is 15.6. The molecule has 0 amide bonds. The van der Waals surface area contributed by atoms with E-state index in [0.717, 1.165) is 42.3 Å². The number of hydrogen-bond acceptors (Lipinski definition) is 0. The predicted molar refractivity (Wildman–Crippen MR) is 139 cm³/mol. The van der Waals surface area contributed by atoms with Crippen LogP contribution in [0, 0.1) is 35.5 Å². The van der Waals surface area contributed by atoms with E-state index in [2.05, 4.69) is 67.4 Å². The van der Waals surface area contributed by atoms with Crippen molar-refractivity contribution < 1.29 is 0 Å². The molecule has 0 atom stereocenters. The average molecular weight is 536 g/mol. The Morgan fingerprint density at radius 3 is 0.875 bits per heavy atom. The minimum absolute atomic E-state index is 0.927. The molecule has 0 aliphatic rings. The third kappa shape index (κ3) is 6.51.